The van der Waals surface area contributed by atoms with Crippen LogP contribution >= 0.6 is 37.0 Å². The van der Waals surface area contributed by atoms with Crippen molar-refractivity contribution in [1.29, 1.82) is 0 Å². The maximum absolute atomic E-state index is 6.20. The van der Waals surface area contributed by atoms with Gasteiger partial charge in [-0.25, -0.2) is 0 Å². The lowest BCUT2D eigenvalue weighted by molar-refractivity contribution is 0.0676. The molecule has 3 nitrogen and oxygen atoms in total. The summed E-state index contributed by atoms with van der Waals surface area (Å²) in [4.78, 5) is 1.29. The average Bonchev–Trinajstić information content (AvgIpc) is 2.78. The first kappa shape index (κ1) is 29.2. The first-order valence-electron chi connectivity index (χ1n) is 12.1. The molecule has 3 unspecified atom stereocenters. The predicted octanol–water partition coefficient (Wildman–Crippen LogP) is 8.17. The second-order valence-electron chi connectivity index (χ2n) is 7.86. The Hall–Kier alpha value is 0.215. The quantitative estimate of drug-likeness (QED) is 0.0678. The van der Waals surface area contributed by atoms with Crippen molar-refractivity contribution in [2.45, 2.75) is 120 Å². The van der Waals surface area contributed by atoms with E-state index in [0.29, 0.717) is 0 Å². The van der Waals surface area contributed by atoms with E-state index in [1.54, 1.807) is 11.8 Å². The highest BCUT2D eigenvalue weighted by molar-refractivity contribution is 7.99. The topological polar surface area (TPSA) is 27.7 Å². The molecule has 0 amide bonds. The molecule has 0 aliphatic rings. The van der Waals surface area contributed by atoms with E-state index in [9.17, 15) is 0 Å². The number of hydrogen-bond donors (Lipinski definition) is 2. The van der Waals surface area contributed by atoms with Gasteiger partial charge in [0.05, 0.1) is 16.3 Å². The Kier molecular flexibility index (Phi) is 17.6. The molecule has 1 aromatic carbocycles. The van der Waals surface area contributed by atoms with Gasteiger partial charge < -0.3 is 14.0 Å². The van der Waals surface area contributed by atoms with Gasteiger partial charge in [-0.1, -0.05) is 96.2 Å². The zero-order chi connectivity index (χ0) is 22.9. The lowest BCUT2D eigenvalue weighted by Gasteiger charge is -2.25. The SMILES string of the molecule is CCCCCCCCCc1ccccc1SC(CC)OB(OC(S)CC)OC(S)CC. The van der Waals surface area contributed by atoms with Gasteiger partial charge >= 0.3 is 7.32 Å². The van der Waals surface area contributed by atoms with Crippen molar-refractivity contribution >= 4 is 44.3 Å². The molecule has 0 saturated heterocycles. The minimum atomic E-state index is -0.766. The van der Waals surface area contributed by atoms with Crippen LogP contribution in [0.1, 0.15) is 97.5 Å². The van der Waals surface area contributed by atoms with Gasteiger partial charge in [0.25, 0.3) is 0 Å². The van der Waals surface area contributed by atoms with E-state index in [4.69, 9.17) is 14.0 Å². The van der Waals surface area contributed by atoms with Crippen LogP contribution in [0.4, 0.5) is 0 Å². The Bertz CT molecular complexity index is 553. The maximum Gasteiger partial charge on any atom is 0.641 e. The summed E-state index contributed by atoms with van der Waals surface area (Å²) in [7, 11) is -0.766. The van der Waals surface area contributed by atoms with E-state index >= 15 is 0 Å². The zero-order valence-corrected chi connectivity index (χ0v) is 22.5. The molecule has 1 aromatic rings. The summed E-state index contributed by atoms with van der Waals surface area (Å²) in [6.45, 7) is 8.45. The molecular formula is C24H43BO3S3. The molecule has 0 spiro atoms. The van der Waals surface area contributed by atoms with Gasteiger partial charge in [0.1, 0.15) is 0 Å². The molecule has 0 aromatic heterocycles. The van der Waals surface area contributed by atoms with E-state index in [1.165, 1.54) is 55.4 Å². The highest BCUT2D eigenvalue weighted by Crippen LogP contribution is 2.31. The van der Waals surface area contributed by atoms with E-state index < -0.39 is 7.32 Å². The molecule has 31 heavy (non-hydrogen) atoms. The lowest BCUT2D eigenvalue weighted by Crippen LogP contribution is -2.35. The molecule has 0 bridgehead atoms. The van der Waals surface area contributed by atoms with Crippen molar-refractivity contribution in [2.24, 2.45) is 0 Å². The summed E-state index contributed by atoms with van der Waals surface area (Å²) in [6, 6.07) is 8.69. The summed E-state index contributed by atoms with van der Waals surface area (Å²) < 4.78 is 17.9. The van der Waals surface area contributed by atoms with Crippen LogP contribution < -0.4 is 0 Å². The van der Waals surface area contributed by atoms with Gasteiger partial charge in [-0.15, -0.1) is 25.3 Å². The van der Waals surface area contributed by atoms with Crippen molar-refractivity contribution in [2.75, 3.05) is 0 Å². The van der Waals surface area contributed by atoms with Crippen molar-refractivity contribution in [3.05, 3.63) is 29.8 Å². The normalized spacial score (nSPS) is 14.4. The van der Waals surface area contributed by atoms with Crippen LogP contribution in [0.15, 0.2) is 29.2 Å². The summed E-state index contributed by atoms with van der Waals surface area (Å²) >= 11 is 10.7. The first-order chi connectivity index (χ1) is 15.0. The summed E-state index contributed by atoms with van der Waals surface area (Å²) in [6.07, 6.45) is 12.8. The Morgan fingerprint density at radius 1 is 0.774 bits per heavy atom. The van der Waals surface area contributed by atoms with Crippen LogP contribution in [0.5, 0.6) is 0 Å². The molecule has 7 heteroatoms. The van der Waals surface area contributed by atoms with Gasteiger partial charge in [0, 0.05) is 4.90 Å². The highest BCUT2D eigenvalue weighted by atomic mass is 32.2. The molecule has 1 rings (SSSR count). The fourth-order valence-electron chi connectivity index (χ4n) is 3.12. The van der Waals surface area contributed by atoms with E-state index in [1.807, 2.05) is 13.8 Å². The molecule has 3 atom stereocenters. The van der Waals surface area contributed by atoms with Gasteiger partial charge in [-0.3, -0.25) is 0 Å². The maximum atomic E-state index is 6.20. The summed E-state index contributed by atoms with van der Waals surface area (Å²) in [5.74, 6) is 0. The largest absolute Gasteiger partial charge is 0.641 e. The Labute approximate surface area is 207 Å². The molecule has 0 radical (unpaired) electrons. The molecule has 0 saturated carbocycles. The molecular weight excluding hydrogens is 443 g/mol. The Balaban J connectivity index is 2.63. The molecule has 0 heterocycles. The van der Waals surface area contributed by atoms with Crippen LogP contribution in [0.3, 0.4) is 0 Å². The standard InChI is InChI=1S/C24H43BO3S3/c1-5-9-10-11-12-13-14-17-20-18-15-16-19-21(20)31-24(8-4)28-25(26-22(29)6-2)27-23(30)7-3/h15-16,18-19,22-24,29-30H,5-14,17H2,1-4H3. The minimum absolute atomic E-state index is 0.0602. The first-order valence-corrected chi connectivity index (χ1v) is 14.0. The van der Waals surface area contributed by atoms with Crippen LogP contribution in [0.25, 0.3) is 0 Å². The fraction of sp³-hybridized carbons (Fsp3) is 0.750. The van der Waals surface area contributed by atoms with Crippen molar-refractivity contribution in [1.82, 2.24) is 0 Å². The smallest absolute Gasteiger partial charge is 0.374 e. The zero-order valence-electron chi connectivity index (χ0n) is 19.9. The third-order valence-corrected chi connectivity index (χ3v) is 7.45. The number of benzene rings is 1. The van der Waals surface area contributed by atoms with Gasteiger partial charge in [-0.2, -0.15) is 0 Å². The van der Waals surface area contributed by atoms with Crippen LogP contribution in [0.2, 0.25) is 0 Å². The predicted molar refractivity (Wildman–Crippen MR) is 143 cm³/mol. The second kappa shape index (κ2) is 18.6. The molecule has 0 aliphatic carbocycles. The number of hydrogen-bond acceptors (Lipinski definition) is 6. The van der Waals surface area contributed by atoms with Crippen molar-refractivity contribution < 1.29 is 14.0 Å². The summed E-state index contributed by atoms with van der Waals surface area (Å²) in [5.41, 5.74) is 0.891. The van der Waals surface area contributed by atoms with Crippen LogP contribution in [0, 0.1) is 0 Å². The van der Waals surface area contributed by atoms with Gasteiger partial charge in [-0.05, 0) is 43.7 Å². The molecule has 0 N–H and O–H groups in total. The third kappa shape index (κ3) is 13.5. The Morgan fingerprint density at radius 2 is 1.35 bits per heavy atom. The third-order valence-electron chi connectivity index (χ3n) is 5.11. The lowest BCUT2D eigenvalue weighted by atomic mass is 10.0. The molecule has 0 aliphatic heterocycles. The van der Waals surface area contributed by atoms with E-state index in [0.717, 1.165) is 25.7 Å². The number of unbranched alkanes of at least 4 members (excludes halogenated alkanes) is 6. The van der Waals surface area contributed by atoms with Gasteiger partial charge in [0.15, 0.2) is 0 Å². The number of aryl methyl sites for hydroxylation is 1. The van der Waals surface area contributed by atoms with E-state index in [2.05, 4.69) is 63.4 Å². The summed E-state index contributed by atoms with van der Waals surface area (Å²) in [5, 5.41) is 0. The second-order valence-corrected chi connectivity index (χ2v) is 10.2. The minimum Gasteiger partial charge on any atom is -0.374 e. The molecule has 0 fully saturated rings. The van der Waals surface area contributed by atoms with Crippen molar-refractivity contribution in [3.63, 3.8) is 0 Å². The van der Waals surface area contributed by atoms with E-state index in [-0.39, 0.29) is 16.3 Å². The fourth-order valence-corrected chi connectivity index (χ4v) is 4.39. The van der Waals surface area contributed by atoms with Crippen molar-refractivity contribution in [3.8, 4) is 0 Å². The van der Waals surface area contributed by atoms with Crippen LogP contribution in [-0.4, -0.2) is 23.6 Å². The van der Waals surface area contributed by atoms with Crippen LogP contribution in [-0.2, 0) is 20.4 Å². The number of thioether (sulfide) groups is 1. The number of thiol groups is 2. The average molecular weight is 487 g/mol. The number of rotatable bonds is 19. The monoisotopic (exact) mass is 486 g/mol. The molecule has 178 valence electrons. The highest BCUT2D eigenvalue weighted by Gasteiger charge is 2.30. The van der Waals surface area contributed by atoms with Gasteiger partial charge in [0.2, 0.25) is 0 Å². The Morgan fingerprint density at radius 3 is 1.94 bits per heavy atom.